The number of hydrogen-bond acceptors (Lipinski definition) is 4. The average Bonchev–Trinajstić information content (AvgIpc) is 3.14. The van der Waals surface area contributed by atoms with Crippen LogP contribution in [-0.4, -0.2) is 21.4 Å². The number of thiophene rings is 1. The van der Waals surface area contributed by atoms with Gasteiger partial charge in [-0.1, -0.05) is 12.1 Å². The molecule has 0 radical (unpaired) electrons. The molecular weight excluding hydrogens is 387 g/mol. The van der Waals surface area contributed by atoms with E-state index in [0.29, 0.717) is 11.4 Å². The van der Waals surface area contributed by atoms with Crippen molar-refractivity contribution in [1.82, 2.24) is 0 Å². The topological polar surface area (TPSA) is 66.5 Å². The minimum Gasteiger partial charge on any atom is -0.321 e. The molecular formula is C19H17FN2O3S2. The van der Waals surface area contributed by atoms with Gasteiger partial charge in [0.1, 0.15) is 5.82 Å². The Hall–Kier alpha value is -2.71. The highest BCUT2D eigenvalue weighted by atomic mass is 32.2. The van der Waals surface area contributed by atoms with Crippen molar-refractivity contribution in [2.45, 2.75) is 11.8 Å². The first-order valence-electron chi connectivity index (χ1n) is 7.98. The van der Waals surface area contributed by atoms with Crippen molar-refractivity contribution in [3.63, 3.8) is 0 Å². The zero-order chi connectivity index (χ0) is 19.6. The van der Waals surface area contributed by atoms with Gasteiger partial charge < -0.3 is 5.32 Å². The van der Waals surface area contributed by atoms with E-state index in [9.17, 15) is 17.6 Å². The molecule has 0 fully saturated rings. The van der Waals surface area contributed by atoms with Crippen LogP contribution in [0.4, 0.5) is 15.8 Å². The highest BCUT2D eigenvalue weighted by Crippen LogP contribution is 2.27. The maximum Gasteiger partial charge on any atom is 0.265 e. The molecule has 27 heavy (non-hydrogen) atoms. The van der Waals surface area contributed by atoms with Gasteiger partial charge in [0.05, 0.1) is 15.5 Å². The van der Waals surface area contributed by atoms with E-state index in [4.69, 9.17) is 0 Å². The summed E-state index contributed by atoms with van der Waals surface area (Å²) in [5, 5.41) is 4.05. The molecule has 0 aliphatic rings. The predicted octanol–water partition coefficient (Wildman–Crippen LogP) is 4.27. The van der Waals surface area contributed by atoms with Crippen molar-refractivity contribution in [1.29, 1.82) is 0 Å². The van der Waals surface area contributed by atoms with Crippen LogP contribution in [0, 0.1) is 12.7 Å². The Morgan fingerprint density at radius 2 is 1.81 bits per heavy atom. The number of carbonyl (C=O) groups excluding carboxylic acids is 1. The highest BCUT2D eigenvalue weighted by Gasteiger charge is 2.24. The fraction of sp³-hybridized carbons (Fsp3) is 0.105. The second kappa shape index (κ2) is 7.50. The Labute approximate surface area is 161 Å². The lowest BCUT2D eigenvalue weighted by atomic mass is 10.2. The Morgan fingerprint density at radius 1 is 1.11 bits per heavy atom. The second-order valence-corrected chi connectivity index (χ2v) is 8.80. The molecule has 2 aromatic carbocycles. The number of nitrogens with one attached hydrogen (secondary N) is 1. The van der Waals surface area contributed by atoms with Crippen molar-refractivity contribution < 1.29 is 17.6 Å². The predicted molar refractivity (Wildman–Crippen MR) is 105 cm³/mol. The molecule has 0 aliphatic heterocycles. The molecule has 5 nitrogen and oxygen atoms in total. The van der Waals surface area contributed by atoms with Gasteiger partial charge in [-0.05, 0) is 55.0 Å². The lowest BCUT2D eigenvalue weighted by molar-refractivity contribution is 0.103. The van der Waals surface area contributed by atoms with E-state index >= 15 is 0 Å². The van der Waals surface area contributed by atoms with Crippen molar-refractivity contribution in [3.05, 3.63) is 76.2 Å². The molecule has 0 unspecified atom stereocenters. The maximum absolute atomic E-state index is 12.9. The summed E-state index contributed by atoms with van der Waals surface area (Å²) < 4.78 is 39.8. The Bertz CT molecular complexity index is 1080. The summed E-state index contributed by atoms with van der Waals surface area (Å²) in [6, 6.07) is 13.8. The summed E-state index contributed by atoms with van der Waals surface area (Å²) in [6.45, 7) is 1.88. The maximum atomic E-state index is 12.9. The van der Waals surface area contributed by atoms with Gasteiger partial charge in [0.25, 0.3) is 15.9 Å². The normalized spacial score (nSPS) is 11.2. The first-order valence-corrected chi connectivity index (χ1v) is 10.3. The summed E-state index contributed by atoms with van der Waals surface area (Å²) in [5.74, 6) is -0.858. The van der Waals surface area contributed by atoms with E-state index in [-0.39, 0.29) is 9.77 Å². The Balaban J connectivity index is 1.81. The van der Waals surface area contributed by atoms with Gasteiger partial charge in [-0.2, -0.15) is 0 Å². The molecule has 1 aromatic heterocycles. The van der Waals surface area contributed by atoms with Crippen LogP contribution in [-0.2, 0) is 10.0 Å². The molecule has 0 bridgehead atoms. The van der Waals surface area contributed by atoms with Crippen LogP contribution in [0.15, 0.2) is 64.9 Å². The summed E-state index contributed by atoms with van der Waals surface area (Å²) in [7, 11) is -2.31. The minimum atomic E-state index is -3.79. The van der Waals surface area contributed by atoms with Crippen LogP contribution in [0.3, 0.4) is 0 Å². The lowest BCUT2D eigenvalue weighted by Crippen LogP contribution is -2.26. The van der Waals surface area contributed by atoms with Crippen LogP contribution in [0.25, 0.3) is 0 Å². The SMILES string of the molecule is Cc1cccc(N(C)S(=O)(=O)c2csc(C(=O)Nc3ccc(F)cc3)c2)c1. The molecule has 3 aromatic rings. The molecule has 8 heteroatoms. The first-order chi connectivity index (χ1) is 12.8. The number of amides is 1. The van der Waals surface area contributed by atoms with Gasteiger partial charge in [-0.25, -0.2) is 12.8 Å². The van der Waals surface area contributed by atoms with Crippen LogP contribution < -0.4 is 9.62 Å². The molecule has 0 aliphatic carbocycles. The Morgan fingerprint density at radius 3 is 2.48 bits per heavy atom. The van der Waals surface area contributed by atoms with Crippen molar-refractivity contribution in [2.75, 3.05) is 16.7 Å². The van der Waals surface area contributed by atoms with Crippen molar-refractivity contribution in [2.24, 2.45) is 0 Å². The van der Waals surface area contributed by atoms with E-state index in [0.717, 1.165) is 16.9 Å². The van der Waals surface area contributed by atoms with Crippen molar-refractivity contribution >= 4 is 38.6 Å². The number of hydrogen-bond donors (Lipinski definition) is 1. The summed E-state index contributed by atoms with van der Waals surface area (Å²) in [6.07, 6.45) is 0. The number of halogens is 1. The summed E-state index contributed by atoms with van der Waals surface area (Å²) in [5.41, 5.74) is 1.91. The highest BCUT2D eigenvalue weighted by molar-refractivity contribution is 7.93. The third-order valence-electron chi connectivity index (χ3n) is 3.92. The van der Waals surface area contributed by atoms with Gasteiger partial charge in [0.15, 0.2) is 0 Å². The zero-order valence-electron chi connectivity index (χ0n) is 14.6. The van der Waals surface area contributed by atoms with Gasteiger partial charge in [-0.15, -0.1) is 11.3 Å². The molecule has 0 saturated carbocycles. The van der Waals surface area contributed by atoms with Crippen LogP contribution in [0.5, 0.6) is 0 Å². The first kappa shape index (κ1) is 19.1. The van der Waals surface area contributed by atoms with E-state index < -0.39 is 21.7 Å². The number of nitrogens with zero attached hydrogens (tertiary/aromatic N) is 1. The largest absolute Gasteiger partial charge is 0.321 e. The van der Waals surface area contributed by atoms with Crippen molar-refractivity contribution in [3.8, 4) is 0 Å². The standard InChI is InChI=1S/C19H17FN2O3S2/c1-13-4-3-5-16(10-13)22(2)27(24,25)17-11-18(26-12-17)19(23)21-15-8-6-14(20)7-9-15/h3-12H,1-2H3,(H,21,23). The van der Waals surface area contributed by atoms with Crippen LogP contribution >= 0.6 is 11.3 Å². The number of carbonyl (C=O) groups is 1. The Kier molecular flexibility index (Phi) is 5.29. The third-order valence-corrected chi connectivity index (χ3v) is 6.77. The monoisotopic (exact) mass is 404 g/mol. The van der Waals surface area contributed by atoms with Gasteiger partial charge in [0.2, 0.25) is 0 Å². The second-order valence-electron chi connectivity index (χ2n) is 5.92. The fourth-order valence-corrected chi connectivity index (χ4v) is 4.76. The van der Waals surface area contributed by atoms with E-state index in [1.807, 2.05) is 13.0 Å². The van der Waals surface area contributed by atoms with Crippen LogP contribution in [0.2, 0.25) is 0 Å². The van der Waals surface area contributed by atoms with Gasteiger partial charge in [0, 0.05) is 18.1 Å². The lowest BCUT2D eigenvalue weighted by Gasteiger charge is -2.19. The third kappa shape index (κ3) is 4.17. The molecule has 140 valence electrons. The number of anilines is 2. The quantitative estimate of drug-likeness (QED) is 0.690. The smallest absolute Gasteiger partial charge is 0.265 e. The molecule has 1 heterocycles. The van der Waals surface area contributed by atoms with Crippen LogP contribution in [0.1, 0.15) is 15.2 Å². The molecule has 0 spiro atoms. The zero-order valence-corrected chi connectivity index (χ0v) is 16.3. The van der Waals surface area contributed by atoms with Gasteiger partial charge >= 0.3 is 0 Å². The molecule has 3 rings (SSSR count). The van der Waals surface area contributed by atoms with Gasteiger partial charge in [-0.3, -0.25) is 9.10 Å². The minimum absolute atomic E-state index is 0.0424. The molecule has 0 saturated heterocycles. The fourth-order valence-electron chi connectivity index (χ4n) is 2.42. The number of aryl methyl sites for hydroxylation is 1. The summed E-state index contributed by atoms with van der Waals surface area (Å²) in [4.78, 5) is 12.6. The van der Waals surface area contributed by atoms with E-state index in [1.165, 1.54) is 47.1 Å². The van der Waals surface area contributed by atoms with E-state index in [1.54, 1.807) is 18.2 Å². The molecule has 0 atom stereocenters. The average molecular weight is 404 g/mol. The number of rotatable bonds is 5. The molecule has 1 amide bonds. The number of sulfonamides is 1. The van der Waals surface area contributed by atoms with E-state index in [2.05, 4.69) is 5.32 Å². The molecule has 1 N–H and O–H groups in total. The number of benzene rings is 2. The summed E-state index contributed by atoms with van der Waals surface area (Å²) >= 11 is 1.03.